The second-order valence-electron chi connectivity index (χ2n) is 19.5. The maximum Gasteiger partial charge on any atom is 0.306 e. The standard InChI is InChI=1S/C61H110O6/c1-4-7-10-13-16-19-22-25-28-30-33-35-38-41-44-47-50-53-59(62)65-56-58(67-61(64)55-52-49-46-43-40-37-32-27-24-21-18-15-12-9-6-3)57-66-60(63)54-51-48-45-42-39-36-34-31-29-26-23-20-17-14-11-8-5-2/h9,12,18,21,27,32,40,43,58H,4-8,10-11,13-17,19-20,22-26,28-31,33-39,41-42,44-57H2,1-3H3/b12-9-,21-18-,32-27-,43-40-. The third-order valence-corrected chi connectivity index (χ3v) is 12.8. The molecule has 0 radical (unpaired) electrons. The van der Waals surface area contributed by atoms with Gasteiger partial charge in [-0.05, 0) is 57.8 Å². The molecule has 6 heteroatoms. The van der Waals surface area contributed by atoms with Crippen LogP contribution < -0.4 is 0 Å². The van der Waals surface area contributed by atoms with Crippen molar-refractivity contribution in [2.75, 3.05) is 13.2 Å². The molecule has 390 valence electrons. The largest absolute Gasteiger partial charge is 0.462 e. The zero-order valence-electron chi connectivity index (χ0n) is 44.7. The van der Waals surface area contributed by atoms with Gasteiger partial charge < -0.3 is 14.2 Å². The van der Waals surface area contributed by atoms with Crippen molar-refractivity contribution in [2.24, 2.45) is 0 Å². The number of rotatable bonds is 53. The molecule has 0 aliphatic heterocycles. The van der Waals surface area contributed by atoms with E-state index in [0.717, 1.165) is 77.0 Å². The van der Waals surface area contributed by atoms with E-state index < -0.39 is 6.10 Å². The van der Waals surface area contributed by atoms with Gasteiger partial charge in [0.15, 0.2) is 6.10 Å². The SMILES string of the molecule is CC/C=C\C/C=C\C/C=C\C/C=C\CCCCC(=O)OC(COC(=O)CCCCCCCCCCCCCCCCCCC)COC(=O)CCCCCCCCCCCCCCCCCCC. The Balaban J connectivity index is 4.38. The molecule has 0 fully saturated rings. The molecule has 67 heavy (non-hydrogen) atoms. The first kappa shape index (κ1) is 64.4. The number of hydrogen-bond donors (Lipinski definition) is 0. The van der Waals surface area contributed by atoms with Crippen molar-refractivity contribution in [1.29, 1.82) is 0 Å². The summed E-state index contributed by atoms with van der Waals surface area (Å²) in [5.74, 6) is -0.909. The predicted octanol–water partition coefficient (Wildman–Crippen LogP) is 19.4. The van der Waals surface area contributed by atoms with Crippen molar-refractivity contribution >= 4 is 17.9 Å². The molecule has 0 saturated heterocycles. The summed E-state index contributed by atoms with van der Waals surface area (Å²) in [5, 5.41) is 0. The molecule has 0 aliphatic carbocycles. The number of unbranched alkanes of at least 4 members (excludes halogenated alkanes) is 34. The Morgan fingerprint density at radius 3 is 0.910 bits per heavy atom. The summed E-state index contributed by atoms with van der Waals surface area (Å²) in [6, 6.07) is 0. The van der Waals surface area contributed by atoms with Crippen LogP contribution in [0.1, 0.15) is 303 Å². The van der Waals surface area contributed by atoms with Crippen LogP contribution in [0, 0.1) is 0 Å². The van der Waals surface area contributed by atoms with Gasteiger partial charge in [0, 0.05) is 19.3 Å². The van der Waals surface area contributed by atoms with E-state index in [0.29, 0.717) is 19.3 Å². The van der Waals surface area contributed by atoms with E-state index in [4.69, 9.17) is 14.2 Å². The maximum absolute atomic E-state index is 12.8. The van der Waals surface area contributed by atoms with E-state index in [1.807, 2.05) is 0 Å². The summed E-state index contributed by atoms with van der Waals surface area (Å²) < 4.78 is 16.9. The molecule has 0 amide bonds. The summed E-state index contributed by atoms with van der Waals surface area (Å²) >= 11 is 0. The number of allylic oxidation sites excluding steroid dienone is 8. The van der Waals surface area contributed by atoms with E-state index in [-0.39, 0.29) is 37.5 Å². The first-order valence-electron chi connectivity index (χ1n) is 29.1. The molecule has 0 heterocycles. The molecule has 0 saturated carbocycles. The van der Waals surface area contributed by atoms with Gasteiger partial charge in [-0.2, -0.15) is 0 Å². The quantitative estimate of drug-likeness (QED) is 0.0262. The highest BCUT2D eigenvalue weighted by Gasteiger charge is 2.19. The van der Waals surface area contributed by atoms with Gasteiger partial charge in [-0.25, -0.2) is 0 Å². The van der Waals surface area contributed by atoms with Gasteiger partial charge >= 0.3 is 17.9 Å². The summed E-state index contributed by atoms with van der Waals surface area (Å²) in [6.45, 7) is 6.54. The minimum absolute atomic E-state index is 0.0854. The summed E-state index contributed by atoms with van der Waals surface area (Å²) in [5.41, 5.74) is 0. The molecule has 0 unspecified atom stereocenters. The summed E-state index contributed by atoms with van der Waals surface area (Å²) in [7, 11) is 0. The fourth-order valence-corrected chi connectivity index (χ4v) is 8.49. The molecule has 0 spiro atoms. The molecule has 0 aliphatic rings. The topological polar surface area (TPSA) is 78.9 Å². The molecule has 0 N–H and O–H groups in total. The van der Waals surface area contributed by atoms with Crippen molar-refractivity contribution in [1.82, 2.24) is 0 Å². The zero-order valence-corrected chi connectivity index (χ0v) is 44.7. The summed E-state index contributed by atoms with van der Waals surface area (Å²) in [4.78, 5) is 38.1. The fraction of sp³-hybridized carbons (Fsp3) is 0.820. The minimum atomic E-state index is -0.791. The Morgan fingerprint density at radius 2 is 0.582 bits per heavy atom. The molecular formula is C61H110O6. The second kappa shape index (κ2) is 56.0. The van der Waals surface area contributed by atoms with Crippen molar-refractivity contribution in [3.63, 3.8) is 0 Å². The van der Waals surface area contributed by atoms with E-state index >= 15 is 0 Å². The lowest BCUT2D eigenvalue weighted by molar-refractivity contribution is -0.167. The Bertz CT molecular complexity index is 1120. The first-order chi connectivity index (χ1) is 33.0. The molecule has 6 nitrogen and oxygen atoms in total. The smallest absolute Gasteiger partial charge is 0.306 e. The second-order valence-corrected chi connectivity index (χ2v) is 19.5. The zero-order chi connectivity index (χ0) is 48.6. The average molecular weight is 940 g/mol. The van der Waals surface area contributed by atoms with Crippen molar-refractivity contribution in [2.45, 2.75) is 309 Å². The van der Waals surface area contributed by atoms with Crippen LogP contribution in [-0.2, 0) is 28.6 Å². The lowest BCUT2D eigenvalue weighted by Crippen LogP contribution is -2.30. The summed E-state index contributed by atoms with van der Waals surface area (Å²) in [6.07, 6.45) is 68.2. The van der Waals surface area contributed by atoms with Gasteiger partial charge in [0.2, 0.25) is 0 Å². The van der Waals surface area contributed by atoms with Gasteiger partial charge in [0.1, 0.15) is 13.2 Å². The molecule has 0 rings (SSSR count). The molecule has 0 aromatic heterocycles. The Kier molecular flexibility index (Phi) is 53.8. The molecule has 0 bridgehead atoms. The number of hydrogen-bond acceptors (Lipinski definition) is 6. The Labute approximate surface area is 416 Å². The van der Waals surface area contributed by atoms with Crippen LogP contribution in [0.5, 0.6) is 0 Å². The van der Waals surface area contributed by atoms with Gasteiger partial charge in [-0.15, -0.1) is 0 Å². The van der Waals surface area contributed by atoms with E-state index in [1.165, 1.54) is 180 Å². The van der Waals surface area contributed by atoms with Gasteiger partial charge in [-0.3, -0.25) is 14.4 Å². The van der Waals surface area contributed by atoms with Crippen LogP contribution >= 0.6 is 0 Å². The van der Waals surface area contributed by atoms with Crippen LogP contribution in [-0.4, -0.2) is 37.2 Å². The molecule has 0 atom stereocenters. The van der Waals surface area contributed by atoms with Crippen molar-refractivity contribution in [3.05, 3.63) is 48.6 Å². The van der Waals surface area contributed by atoms with Crippen LogP contribution in [0.15, 0.2) is 48.6 Å². The van der Waals surface area contributed by atoms with Crippen LogP contribution in [0.25, 0.3) is 0 Å². The predicted molar refractivity (Wildman–Crippen MR) is 289 cm³/mol. The van der Waals surface area contributed by atoms with Crippen molar-refractivity contribution in [3.8, 4) is 0 Å². The normalized spacial score (nSPS) is 11.9. The van der Waals surface area contributed by atoms with E-state index in [9.17, 15) is 14.4 Å². The highest BCUT2D eigenvalue weighted by atomic mass is 16.6. The number of carbonyl (C=O) groups is 3. The maximum atomic E-state index is 12.8. The first-order valence-corrected chi connectivity index (χ1v) is 29.1. The third-order valence-electron chi connectivity index (χ3n) is 12.8. The fourth-order valence-electron chi connectivity index (χ4n) is 8.49. The van der Waals surface area contributed by atoms with Gasteiger partial charge in [0.25, 0.3) is 0 Å². The highest BCUT2D eigenvalue weighted by molar-refractivity contribution is 5.71. The van der Waals surface area contributed by atoms with E-state index in [1.54, 1.807) is 0 Å². The number of esters is 3. The lowest BCUT2D eigenvalue weighted by Gasteiger charge is -2.18. The average Bonchev–Trinajstić information content (AvgIpc) is 3.33. The Morgan fingerprint density at radius 1 is 0.313 bits per heavy atom. The van der Waals surface area contributed by atoms with Crippen LogP contribution in [0.3, 0.4) is 0 Å². The van der Waals surface area contributed by atoms with Crippen molar-refractivity contribution < 1.29 is 28.6 Å². The van der Waals surface area contributed by atoms with Crippen LogP contribution in [0.4, 0.5) is 0 Å². The molecular weight excluding hydrogens is 829 g/mol. The van der Waals surface area contributed by atoms with E-state index in [2.05, 4.69) is 69.4 Å². The highest BCUT2D eigenvalue weighted by Crippen LogP contribution is 2.17. The monoisotopic (exact) mass is 939 g/mol. The van der Waals surface area contributed by atoms with Gasteiger partial charge in [0.05, 0.1) is 0 Å². The van der Waals surface area contributed by atoms with Gasteiger partial charge in [-0.1, -0.05) is 275 Å². The van der Waals surface area contributed by atoms with Crippen LogP contribution in [0.2, 0.25) is 0 Å². The molecule has 0 aromatic carbocycles. The lowest BCUT2D eigenvalue weighted by atomic mass is 10.0. The Hall–Kier alpha value is -2.63. The minimum Gasteiger partial charge on any atom is -0.462 e. The third kappa shape index (κ3) is 54.2. The number of carbonyl (C=O) groups excluding carboxylic acids is 3. The number of ether oxygens (including phenoxy) is 3. The molecule has 0 aromatic rings.